The van der Waals surface area contributed by atoms with Gasteiger partial charge in [0.05, 0.1) is 11.9 Å². The van der Waals surface area contributed by atoms with E-state index in [1.807, 2.05) is 24.3 Å². The van der Waals surface area contributed by atoms with Crippen LogP contribution < -0.4 is 4.90 Å². The number of phenolic OH excluding ortho intramolecular Hbond substituents is 1. The fourth-order valence-corrected chi connectivity index (χ4v) is 3.28. The van der Waals surface area contributed by atoms with Crippen molar-refractivity contribution < 1.29 is 13.9 Å². The van der Waals surface area contributed by atoms with Gasteiger partial charge in [-0.1, -0.05) is 13.8 Å². The summed E-state index contributed by atoms with van der Waals surface area (Å²) in [6, 6.07) is 8.67. The summed E-state index contributed by atoms with van der Waals surface area (Å²) in [5.41, 5.74) is 2.15. The van der Waals surface area contributed by atoms with Crippen LogP contribution in [-0.2, 0) is 0 Å². The van der Waals surface area contributed by atoms with Crippen LogP contribution in [0.25, 0.3) is 16.6 Å². The molecule has 2 heterocycles. The van der Waals surface area contributed by atoms with Crippen LogP contribution in [0.5, 0.6) is 5.75 Å². The van der Waals surface area contributed by atoms with Crippen LogP contribution in [0.1, 0.15) is 13.8 Å². The van der Waals surface area contributed by atoms with Crippen molar-refractivity contribution in [2.75, 3.05) is 18.0 Å². The number of anilines is 1. The second-order valence-electron chi connectivity index (χ2n) is 7.05. The fraction of sp³-hybridized carbons (Fsp3) is 0.278. The maximum atomic E-state index is 14.2. The standard InChI is InChI=1S/C18H17F2N3O/c1-18(2)9-22(10-18)12-3-5-13(6-4-12)23-16-11(8-21-23)7-14(19)17(24)15(16)20/h3-8,24H,9-10H2,1-2H3. The van der Waals surface area contributed by atoms with Crippen molar-refractivity contribution in [3.8, 4) is 11.4 Å². The lowest BCUT2D eigenvalue weighted by molar-refractivity contribution is 0.276. The Hall–Kier alpha value is -2.63. The molecule has 0 unspecified atom stereocenters. The Morgan fingerprint density at radius 1 is 1.08 bits per heavy atom. The second-order valence-corrected chi connectivity index (χ2v) is 7.05. The van der Waals surface area contributed by atoms with E-state index in [9.17, 15) is 13.9 Å². The molecule has 0 spiro atoms. The molecule has 2 aromatic carbocycles. The first-order chi connectivity index (χ1) is 11.4. The smallest absolute Gasteiger partial charge is 0.194 e. The number of hydrogen-bond acceptors (Lipinski definition) is 3. The molecule has 6 heteroatoms. The Morgan fingerprint density at radius 3 is 2.33 bits per heavy atom. The minimum atomic E-state index is -1.00. The van der Waals surface area contributed by atoms with Gasteiger partial charge in [-0.2, -0.15) is 5.10 Å². The van der Waals surface area contributed by atoms with Gasteiger partial charge in [0.2, 0.25) is 0 Å². The van der Waals surface area contributed by atoms with E-state index >= 15 is 0 Å². The molecular weight excluding hydrogens is 312 g/mol. The average molecular weight is 329 g/mol. The fourth-order valence-electron chi connectivity index (χ4n) is 3.28. The van der Waals surface area contributed by atoms with E-state index in [0.717, 1.165) is 24.8 Å². The quantitative estimate of drug-likeness (QED) is 0.776. The van der Waals surface area contributed by atoms with Gasteiger partial charge in [-0.15, -0.1) is 0 Å². The normalized spacial score (nSPS) is 16.4. The van der Waals surface area contributed by atoms with Crippen molar-refractivity contribution in [3.05, 3.63) is 48.2 Å². The van der Waals surface area contributed by atoms with Crippen molar-refractivity contribution in [3.63, 3.8) is 0 Å². The molecule has 1 aliphatic rings. The Kier molecular flexibility index (Phi) is 3.07. The molecule has 0 amide bonds. The lowest BCUT2D eigenvalue weighted by Crippen LogP contribution is -2.53. The molecule has 1 aliphatic heterocycles. The van der Waals surface area contributed by atoms with E-state index < -0.39 is 17.4 Å². The minimum absolute atomic E-state index is 0.0618. The first kappa shape index (κ1) is 14.9. The van der Waals surface area contributed by atoms with E-state index in [-0.39, 0.29) is 5.52 Å². The van der Waals surface area contributed by atoms with Crippen molar-refractivity contribution in [1.29, 1.82) is 0 Å². The van der Waals surface area contributed by atoms with Crippen LogP contribution in [0.4, 0.5) is 14.5 Å². The van der Waals surface area contributed by atoms with E-state index in [0.29, 0.717) is 16.5 Å². The molecule has 3 aromatic rings. The molecule has 0 saturated carbocycles. The zero-order valence-electron chi connectivity index (χ0n) is 13.4. The predicted molar refractivity (Wildman–Crippen MR) is 88.6 cm³/mol. The van der Waals surface area contributed by atoms with E-state index in [2.05, 4.69) is 23.8 Å². The average Bonchev–Trinajstić information content (AvgIpc) is 2.94. The first-order valence-corrected chi connectivity index (χ1v) is 7.76. The largest absolute Gasteiger partial charge is 0.503 e. The maximum Gasteiger partial charge on any atom is 0.194 e. The molecule has 0 radical (unpaired) electrons. The summed E-state index contributed by atoms with van der Waals surface area (Å²) in [5, 5.41) is 13.9. The van der Waals surface area contributed by atoms with Gasteiger partial charge < -0.3 is 10.0 Å². The Morgan fingerprint density at radius 2 is 1.71 bits per heavy atom. The van der Waals surface area contributed by atoms with Crippen molar-refractivity contribution in [1.82, 2.24) is 9.78 Å². The highest BCUT2D eigenvalue weighted by Crippen LogP contribution is 2.34. The molecule has 1 saturated heterocycles. The molecule has 1 N–H and O–H groups in total. The number of aromatic nitrogens is 2. The highest BCUT2D eigenvalue weighted by molar-refractivity contribution is 5.82. The molecular formula is C18H17F2N3O. The topological polar surface area (TPSA) is 41.3 Å². The lowest BCUT2D eigenvalue weighted by atomic mass is 9.84. The van der Waals surface area contributed by atoms with E-state index in [4.69, 9.17) is 0 Å². The van der Waals surface area contributed by atoms with Crippen molar-refractivity contribution in [2.24, 2.45) is 5.41 Å². The van der Waals surface area contributed by atoms with Crippen LogP contribution in [0, 0.1) is 17.0 Å². The summed E-state index contributed by atoms with van der Waals surface area (Å²) in [7, 11) is 0. The molecule has 124 valence electrons. The van der Waals surface area contributed by atoms with E-state index in [1.54, 1.807) is 0 Å². The second kappa shape index (κ2) is 4.93. The molecule has 1 aromatic heterocycles. The number of phenols is 1. The third kappa shape index (κ3) is 2.21. The molecule has 0 atom stereocenters. The van der Waals surface area contributed by atoms with Gasteiger partial charge in [-0.25, -0.2) is 13.5 Å². The summed E-state index contributed by atoms with van der Waals surface area (Å²) in [6.45, 7) is 6.45. The number of halogens is 2. The zero-order valence-corrected chi connectivity index (χ0v) is 13.4. The zero-order chi connectivity index (χ0) is 17.1. The molecule has 0 bridgehead atoms. The van der Waals surface area contributed by atoms with Gasteiger partial charge in [0.1, 0.15) is 5.52 Å². The van der Waals surface area contributed by atoms with Crippen molar-refractivity contribution >= 4 is 16.6 Å². The Balaban J connectivity index is 1.72. The number of rotatable bonds is 2. The third-order valence-electron chi connectivity index (χ3n) is 4.42. The summed E-state index contributed by atoms with van der Waals surface area (Å²) < 4.78 is 29.0. The first-order valence-electron chi connectivity index (χ1n) is 7.76. The monoisotopic (exact) mass is 329 g/mol. The summed E-state index contributed by atoms with van der Waals surface area (Å²) in [5.74, 6) is -2.98. The van der Waals surface area contributed by atoms with Crippen LogP contribution >= 0.6 is 0 Å². The van der Waals surface area contributed by atoms with Gasteiger partial charge in [-0.05, 0) is 35.7 Å². The number of nitrogens with zero attached hydrogens (tertiary/aromatic N) is 3. The number of fused-ring (bicyclic) bond motifs is 1. The maximum absolute atomic E-state index is 14.2. The molecule has 0 aliphatic carbocycles. The third-order valence-corrected chi connectivity index (χ3v) is 4.42. The summed E-state index contributed by atoms with van der Waals surface area (Å²) in [6.07, 6.45) is 1.38. The minimum Gasteiger partial charge on any atom is -0.503 e. The number of aromatic hydroxyl groups is 1. The van der Waals surface area contributed by atoms with Gasteiger partial charge in [0.25, 0.3) is 0 Å². The lowest BCUT2D eigenvalue weighted by Gasteiger charge is -2.47. The van der Waals surface area contributed by atoms with Crippen LogP contribution in [-0.4, -0.2) is 28.0 Å². The summed E-state index contributed by atoms with van der Waals surface area (Å²) >= 11 is 0. The Bertz CT molecular complexity index is 924. The van der Waals surface area contributed by atoms with Crippen LogP contribution in [0.2, 0.25) is 0 Å². The van der Waals surface area contributed by atoms with Gasteiger partial charge in [0.15, 0.2) is 17.4 Å². The van der Waals surface area contributed by atoms with Gasteiger partial charge >= 0.3 is 0 Å². The number of hydrogen-bond donors (Lipinski definition) is 1. The number of benzene rings is 2. The van der Waals surface area contributed by atoms with Crippen LogP contribution in [0.15, 0.2) is 36.5 Å². The SMILES string of the molecule is CC1(C)CN(c2ccc(-n3ncc4cc(F)c(O)c(F)c43)cc2)C1. The van der Waals surface area contributed by atoms with Gasteiger partial charge in [-0.3, -0.25) is 0 Å². The molecule has 4 rings (SSSR count). The highest BCUT2D eigenvalue weighted by Gasteiger charge is 2.34. The summed E-state index contributed by atoms with van der Waals surface area (Å²) in [4.78, 5) is 2.27. The molecule has 4 nitrogen and oxygen atoms in total. The van der Waals surface area contributed by atoms with E-state index in [1.165, 1.54) is 10.9 Å². The predicted octanol–water partition coefficient (Wildman–Crippen LogP) is 3.86. The highest BCUT2D eigenvalue weighted by atomic mass is 19.1. The van der Waals surface area contributed by atoms with Crippen molar-refractivity contribution in [2.45, 2.75) is 13.8 Å². The van der Waals surface area contributed by atoms with Gasteiger partial charge in [0, 0.05) is 24.2 Å². The van der Waals surface area contributed by atoms with Crippen LogP contribution in [0.3, 0.4) is 0 Å². The Labute approximate surface area is 137 Å². The molecule has 24 heavy (non-hydrogen) atoms. The molecule has 1 fully saturated rings.